The van der Waals surface area contributed by atoms with Crippen LogP contribution >= 0.6 is 0 Å². The molecule has 290 valence electrons. The molecule has 0 spiro atoms. The maximum absolute atomic E-state index is 9.36. The summed E-state index contributed by atoms with van der Waals surface area (Å²) in [6.07, 6.45) is 0. The Balaban J connectivity index is 1.08. The molecule has 6 nitrogen and oxygen atoms in total. The lowest BCUT2D eigenvalue weighted by Gasteiger charge is -2.15. The fraction of sp³-hybridized carbons (Fsp3) is 0. The van der Waals surface area contributed by atoms with Crippen molar-refractivity contribution in [2.24, 2.45) is 0 Å². The first kappa shape index (κ1) is 37.6. The van der Waals surface area contributed by atoms with E-state index in [2.05, 4.69) is 97.1 Å². The van der Waals surface area contributed by atoms with Crippen LogP contribution in [0.1, 0.15) is 5.56 Å². The molecule has 0 unspecified atom stereocenters. The minimum absolute atomic E-state index is 0.601. The van der Waals surface area contributed by atoms with Crippen molar-refractivity contribution >= 4 is 0 Å². The number of aromatic nitrogens is 5. The molecular weight excluding hydrogens is 757 g/mol. The lowest BCUT2D eigenvalue weighted by atomic mass is 9.92. The topological polar surface area (TPSA) is 88.2 Å². The van der Waals surface area contributed by atoms with Gasteiger partial charge in [-0.1, -0.05) is 188 Å². The van der Waals surface area contributed by atoms with E-state index >= 15 is 0 Å². The van der Waals surface area contributed by atoms with Crippen LogP contribution in [0.4, 0.5) is 0 Å². The van der Waals surface area contributed by atoms with E-state index < -0.39 is 0 Å². The first-order valence-corrected chi connectivity index (χ1v) is 20.4. The van der Waals surface area contributed by atoms with E-state index in [-0.39, 0.29) is 0 Å². The van der Waals surface area contributed by atoms with Gasteiger partial charge in [0.1, 0.15) is 0 Å². The van der Waals surface area contributed by atoms with Gasteiger partial charge in [0.05, 0.1) is 23.0 Å². The van der Waals surface area contributed by atoms with Crippen molar-refractivity contribution in [2.45, 2.75) is 0 Å². The molecule has 0 aliphatic rings. The zero-order valence-corrected chi connectivity index (χ0v) is 33.5. The third kappa shape index (κ3) is 7.78. The molecule has 0 bridgehead atoms. The average molecular weight is 793 g/mol. The third-order valence-corrected chi connectivity index (χ3v) is 10.8. The van der Waals surface area contributed by atoms with Gasteiger partial charge in [-0.3, -0.25) is 0 Å². The van der Waals surface area contributed by atoms with Crippen molar-refractivity contribution in [1.29, 1.82) is 5.26 Å². The Bertz CT molecular complexity index is 3170. The summed E-state index contributed by atoms with van der Waals surface area (Å²) >= 11 is 0. The average Bonchev–Trinajstić information content (AvgIpc) is 3.37. The van der Waals surface area contributed by atoms with Crippen LogP contribution < -0.4 is 0 Å². The van der Waals surface area contributed by atoms with E-state index in [1.54, 1.807) is 0 Å². The van der Waals surface area contributed by atoms with Gasteiger partial charge >= 0.3 is 0 Å². The van der Waals surface area contributed by atoms with Crippen LogP contribution in [0.3, 0.4) is 0 Å². The Kier molecular flexibility index (Phi) is 10.3. The van der Waals surface area contributed by atoms with Crippen molar-refractivity contribution in [3.05, 3.63) is 224 Å². The van der Waals surface area contributed by atoms with Gasteiger partial charge in [0.15, 0.2) is 23.3 Å². The Morgan fingerprint density at radius 1 is 0.258 bits per heavy atom. The van der Waals surface area contributed by atoms with Crippen molar-refractivity contribution < 1.29 is 0 Å². The minimum Gasteiger partial charge on any atom is -0.228 e. The van der Waals surface area contributed by atoms with Gasteiger partial charge in [-0.15, -0.1) is 0 Å². The molecule has 0 fully saturated rings. The van der Waals surface area contributed by atoms with Crippen LogP contribution in [0.25, 0.3) is 101 Å². The fourth-order valence-electron chi connectivity index (χ4n) is 7.72. The SMILES string of the molecule is N#Cc1ccc(-c2cccc(-c3cc(-c4ccccc4-c4cccc(-c5ccccc5-c5nc(-c6ccccc6)nc(-c6ccccc6)n5)c4)nc(-c4ccccc4)n3)c2)cc1. The van der Waals surface area contributed by atoms with Crippen LogP contribution in [-0.4, -0.2) is 24.9 Å². The van der Waals surface area contributed by atoms with E-state index in [1.165, 1.54) is 0 Å². The molecule has 0 N–H and O–H groups in total. The summed E-state index contributed by atoms with van der Waals surface area (Å²) < 4.78 is 0. The highest BCUT2D eigenvalue weighted by Gasteiger charge is 2.18. The van der Waals surface area contributed by atoms with Crippen molar-refractivity contribution in [3.63, 3.8) is 0 Å². The summed E-state index contributed by atoms with van der Waals surface area (Å²) in [5.41, 5.74) is 14.1. The summed E-state index contributed by atoms with van der Waals surface area (Å²) in [6.45, 7) is 0. The number of hydrogen-bond donors (Lipinski definition) is 0. The van der Waals surface area contributed by atoms with Gasteiger partial charge in [0, 0.05) is 33.4 Å². The standard InChI is InChI=1S/C56H36N6/c57-37-38-30-32-39(33-31-38)43-22-14-25-46(34-43)51-36-52(59-53(58-51)40-16-4-1-5-17-40)49-28-12-10-26-47(49)44-23-15-24-45(35-44)48-27-11-13-29-50(48)56-61-54(41-18-6-2-7-19-41)60-55(62-56)42-20-8-3-9-21-42/h1-36H. The van der Waals surface area contributed by atoms with Crippen molar-refractivity contribution in [2.75, 3.05) is 0 Å². The Labute approximate surface area is 360 Å². The predicted molar refractivity (Wildman–Crippen MR) is 249 cm³/mol. The molecule has 0 aliphatic carbocycles. The number of benzene rings is 8. The molecule has 6 heteroatoms. The fourth-order valence-corrected chi connectivity index (χ4v) is 7.72. The van der Waals surface area contributed by atoms with E-state index in [4.69, 9.17) is 24.9 Å². The molecule has 0 saturated carbocycles. The summed E-state index contributed by atoms with van der Waals surface area (Å²) in [7, 11) is 0. The molecule has 10 aromatic rings. The molecular formula is C56H36N6. The third-order valence-electron chi connectivity index (χ3n) is 10.8. The lowest BCUT2D eigenvalue weighted by Crippen LogP contribution is -2.01. The maximum Gasteiger partial charge on any atom is 0.164 e. The Hall–Kier alpha value is -8.66. The number of rotatable bonds is 9. The van der Waals surface area contributed by atoms with Gasteiger partial charge in [-0.25, -0.2) is 24.9 Å². The normalized spacial score (nSPS) is 10.9. The molecule has 0 atom stereocenters. The number of nitriles is 1. The minimum atomic E-state index is 0.601. The van der Waals surface area contributed by atoms with Crippen LogP contribution in [0.2, 0.25) is 0 Å². The molecule has 0 amide bonds. The predicted octanol–water partition coefficient (Wildman–Crippen LogP) is 13.5. The summed E-state index contributed by atoms with van der Waals surface area (Å²) in [5, 5.41) is 9.36. The Morgan fingerprint density at radius 2 is 0.661 bits per heavy atom. The highest BCUT2D eigenvalue weighted by molar-refractivity contribution is 5.88. The molecule has 0 saturated heterocycles. The van der Waals surface area contributed by atoms with Gasteiger partial charge in [0.25, 0.3) is 0 Å². The zero-order valence-electron chi connectivity index (χ0n) is 33.5. The van der Waals surface area contributed by atoms with E-state index in [0.29, 0.717) is 28.9 Å². The van der Waals surface area contributed by atoms with Crippen molar-refractivity contribution in [3.8, 4) is 108 Å². The highest BCUT2D eigenvalue weighted by Crippen LogP contribution is 2.38. The molecule has 62 heavy (non-hydrogen) atoms. The molecule has 2 heterocycles. The van der Waals surface area contributed by atoms with Gasteiger partial charge in [-0.05, 0) is 63.7 Å². The van der Waals surface area contributed by atoms with Crippen molar-refractivity contribution in [1.82, 2.24) is 24.9 Å². The first-order valence-electron chi connectivity index (χ1n) is 20.4. The van der Waals surface area contributed by atoms with E-state index in [9.17, 15) is 5.26 Å². The van der Waals surface area contributed by atoms with E-state index in [1.807, 2.05) is 127 Å². The monoisotopic (exact) mass is 792 g/mol. The second-order valence-electron chi connectivity index (χ2n) is 14.8. The lowest BCUT2D eigenvalue weighted by molar-refractivity contribution is 1.07. The number of nitrogens with zero attached hydrogens (tertiary/aromatic N) is 6. The summed E-state index contributed by atoms with van der Waals surface area (Å²) in [4.78, 5) is 25.4. The van der Waals surface area contributed by atoms with E-state index in [0.717, 1.165) is 78.1 Å². The maximum atomic E-state index is 9.36. The van der Waals surface area contributed by atoms with Crippen LogP contribution in [0.5, 0.6) is 0 Å². The molecule has 0 radical (unpaired) electrons. The smallest absolute Gasteiger partial charge is 0.164 e. The van der Waals surface area contributed by atoms with Crippen LogP contribution in [0, 0.1) is 11.3 Å². The molecule has 8 aromatic carbocycles. The quantitative estimate of drug-likeness (QED) is 0.145. The second-order valence-corrected chi connectivity index (χ2v) is 14.8. The molecule has 2 aromatic heterocycles. The largest absolute Gasteiger partial charge is 0.228 e. The Morgan fingerprint density at radius 3 is 1.23 bits per heavy atom. The van der Waals surface area contributed by atoms with Gasteiger partial charge in [0.2, 0.25) is 0 Å². The first-order chi connectivity index (χ1) is 30.7. The van der Waals surface area contributed by atoms with Gasteiger partial charge < -0.3 is 0 Å². The molecule has 10 rings (SSSR count). The second kappa shape index (κ2) is 16.9. The van der Waals surface area contributed by atoms with Crippen LogP contribution in [-0.2, 0) is 0 Å². The van der Waals surface area contributed by atoms with Gasteiger partial charge in [-0.2, -0.15) is 5.26 Å². The highest BCUT2D eigenvalue weighted by atomic mass is 15.0. The summed E-state index contributed by atoms with van der Waals surface area (Å²) in [6, 6.07) is 75.8. The number of hydrogen-bond acceptors (Lipinski definition) is 6. The summed E-state index contributed by atoms with van der Waals surface area (Å²) in [5.74, 6) is 2.48. The zero-order chi connectivity index (χ0) is 41.7. The molecule has 0 aliphatic heterocycles. The van der Waals surface area contributed by atoms with Crippen LogP contribution in [0.15, 0.2) is 218 Å².